The SMILES string of the molecule is O=C(NC1CC1)N1CCCC(Oc2ccc(Br)cc2)C1. The Bertz CT molecular complexity index is 473. The Hall–Kier alpha value is -1.23. The molecule has 1 unspecified atom stereocenters. The highest BCUT2D eigenvalue weighted by atomic mass is 79.9. The van der Waals surface area contributed by atoms with E-state index in [9.17, 15) is 4.79 Å². The van der Waals surface area contributed by atoms with E-state index in [2.05, 4.69) is 21.2 Å². The fourth-order valence-corrected chi connectivity index (χ4v) is 2.68. The van der Waals surface area contributed by atoms with E-state index >= 15 is 0 Å². The van der Waals surface area contributed by atoms with Crippen LogP contribution in [0, 0.1) is 0 Å². The number of benzene rings is 1. The molecule has 5 heteroatoms. The van der Waals surface area contributed by atoms with Crippen LogP contribution in [0.2, 0.25) is 0 Å². The van der Waals surface area contributed by atoms with Crippen LogP contribution in [0.4, 0.5) is 4.79 Å². The van der Waals surface area contributed by atoms with Gasteiger partial charge in [-0.25, -0.2) is 4.79 Å². The molecule has 108 valence electrons. The highest BCUT2D eigenvalue weighted by molar-refractivity contribution is 9.10. The molecule has 4 nitrogen and oxygen atoms in total. The average Bonchev–Trinajstić information content (AvgIpc) is 3.26. The number of urea groups is 1. The Labute approximate surface area is 127 Å². The summed E-state index contributed by atoms with van der Waals surface area (Å²) in [6, 6.07) is 8.32. The predicted octanol–water partition coefficient (Wildman–Crippen LogP) is 3.16. The van der Waals surface area contributed by atoms with Gasteiger partial charge in [0.15, 0.2) is 0 Å². The van der Waals surface area contributed by atoms with Crippen LogP contribution < -0.4 is 10.1 Å². The van der Waals surface area contributed by atoms with E-state index < -0.39 is 0 Å². The highest BCUT2D eigenvalue weighted by Gasteiger charge is 2.29. The van der Waals surface area contributed by atoms with Crippen LogP contribution in [0.1, 0.15) is 25.7 Å². The minimum atomic E-state index is 0.0663. The zero-order chi connectivity index (χ0) is 13.9. The van der Waals surface area contributed by atoms with E-state index in [1.807, 2.05) is 29.2 Å². The average molecular weight is 339 g/mol. The zero-order valence-electron chi connectivity index (χ0n) is 11.3. The van der Waals surface area contributed by atoms with Crippen LogP contribution >= 0.6 is 15.9 Å². The maximum atomic E-state index is 12.0. The number of carbonyl (C=O) groups is 1. The fourth-order valence-electron chi connectivity index (χ4n) is 2.42. The van der Waals surface area contributed by atoms with Crippen molar-refractivity contribution >= 4 is 22.0 Å². The summed E-state index contributed by atoms with van der Waals surface area (Å²) >= 11 is 3.41. The van der Waals surface area contributed by atoms with Gasteiger partial charge in [0.2, 0.25) is 0 Å². The normalized spacial score (nSPS) is 22.4. The van der Waals surface area contributed by atoms with Crippen LogP contribution in [-0.2, 0) is 0 Å². The maximum Gasteiger partial charge on any atom is 0.317 e. The third-order valence-corrected chi connectivity index (χ3v) is 4.22. The predicted molar refractivity (Wildman–Crippen MR) is 80.9 cm³/mol. The molecule has 1 N–H and O–H groups in total. The highest BCUT2D eigenvalue weighted by Crippen LogP contribution is 2.22. The first-order valence-electron chi connectivity index (χ1n) is 7.18. The van der Waals surface area contributed by atoms with Gasteiger partial charge in [-0.3, -0.25) is 0 Å². The molecule has 1 aromatic rings. The van der Waals surface area contributed by atoms with Gasteiger partial charge in [0.25, 0.3) is 0 Å². The summed E-state index contributed by atoms with van der Waals surface area (Å²) in [4.78, 5) is 13.9. The lowest BCUT2D eigenvalue weighted by atomic mass is 10.1. The zero-order valence-corrected chi connectivity index (χ0v) is 12.9. The van der Waals surface area contributed by atoms with Gasteiger partial charge >= 0.3 is 6.03 Å². The summed E-state index contributed by atoms with van der Waals surface area (Å²) in [5, 5.41) is 3.04. The summed E-state index contributed by atoms with van der Waals surface area (Å²) in [7, 11) is 0. The fraction of sp³-hybridized carbons (Fsp3) is 0.533. The van der Waals surface area contributed by atoms with Crippen molar-refractivity contribution in [1.82, 2.24) is 10.2 Å². The molecular formula is C15H19BrN2O2. The second-order valence-electron chi connectivity index (χ2n) is 5.51. The topological polar surface area (TPSA) is 41.6 Å². The molecule has 1 aliphatic carbocycles. The van der Waals surface area contributed by atoms with Crippen molar-refractivity contribution in [3.63, 3.8) is 0 Å². The summed E-state index contributed by atoms with van der Waals surface area (Å²) in [6.45, 7) is 1.51. The maximum absolute atomic E-state index is 12.0. The van der Waals surface area contributed by atoms with Crippen LogP contribution in [-0.4, -0.2) is 36.2 Å². The summed E-state index contributed by atoms with van der Waals surface area (Å²) in [6.07, 6.45) is 4.34. The number of carbonyl (C=O) groups excluding carboxylic acids is 1. The Kier molecular flexibility index (Phi) is 4.15. The Morgan fingerprint density at radius 1 is 1.25 bits per heavy atom. The Balaban J connectivity index is 1.54. The molecule has 3 rings (SSSR count). The standard InChI is InChI=1S/C15H19BrN2O2/c16-11-3-7-13(8-4-11)20-14-2-1-9-18(10-14)15(19)17-12-5-6-12/h3-4,7-8,12,14H,1-2,5-6,9-10H2,(H,17,19). The van der Waals surface area contributed by atoms with Gasteiger partial charge in [0.05, 0.1) is 6.54 Å². The van der Waals surface area contributed by atoms with Crippen molar-refractivity contribution in [2.45, 2.75) is 37.8 Å². The molecule has 1 saturated carbocycles. The third kappa shape index (κ3) is 3.66. The molecule has 1 aliphatic heterocycles. The number of ether oxygens (including phenoxy) is 1. The molecule has 1 aromatic carbocycles. The van der Waals surface area contributed by atoms with Gasteiger partial charge in [-0.05, 0) is 49.9 Å². The Morgan fingerprint density at radius 3 is 2.70 bits per heavy atom. The van der Waals surface area contributed by atoms with Gasteiger partial charge in [-0.1, -0.05) is 15.9 Å². The number of likely N-dealkylation sites (tertiary alicyclic amines) is 1. The molecule has 0 radical (unpaired) electrons. The molecule has 20 heavy (non-hydrogen) atoms. The lowest BCUT2D eigenvalue weighted by molar-refractivity contribution is 0.101. The number of piperidine rings is 1. The smallest absolute Gasteiger partial charge is 0.317 e. The number of amides is 2. The van der Waals surface area contributed by atoms with Gasteiger partial charge in [-0.2, -0.15) is 0 Å². The molecular weight excluding hydrogens is 320 g/mol. The van der Waals surface area contributed by atoms with E-state index in [4.69, 9.17) is 4.74 Å². The lowest BCUT2D eigenvalue weighted by Crippen LogP contribution is -2.49. The first kappa shape index (κ1) is 13.7. The van der Waals surface area contributed by atoms with Crippen molar-refractivity contribution in [2.75, 3.05) is 13.1 Å². The van der Waals surface area contributed by atoms with Gasteiger partial charge in [0, 0.05) is 17.1 Å². The summed E-state index contributed by atoms with van der Waals surface area (Å²) in [5.74, 6) is 0.864. The van der Waals surface area contributed by atoms with E-state index in [0.29, 0.717) is 12.6 Å². The van der Waals surface area contributed by atoms with Gasteiger partial charge in [0.1, 0.15) is 11.9 Å². The number of hydrogen-bond acceptors (Lipinski definition) is 2. The van der Waals surface area contributed by atoms with Crippen molar-refractivity contribution < 1.29 is 9.53 Å². The second kappa shape index (κ2) is 6.04. The molecule has 0 aromatic heterocycles. The first-order chi connectivity index (χ1) is 9.70. The van der Waals surface area contributed by atoms with Gasteiger partial charge < -0.3 is 15.0 Å². The molecule has 2 aliphatic rings. The van der Waals surface area contributed by atoms with Crippen LogP contribution in [0.3, 0.4) is 0 Å². The van der Waals surface area contributed by atoms with Crippen molar-refractivity contribution in [3.8, 4) is 5.75 Å². The van der Waals surface area contributed by atoms with E-state index in [-0.39, 0.29) is 12.1 Å². The van der Waals surface area contributed by atoms with Crippen LogP contribution in [0.5, 0.6) is 5.75 Å². The van der Waals surface area contributed by atoms with E-state index in [1.165, 1.54) is 0 Å². The molecule has 1 saturated heterocycles. The van der Waals surface area contributed by atoms with Crippen molar-refractivity contribution in [3.05, 3.63) is 28.7 Å². The first-order valence-corrected chi connectivity index (χ1v) is 7.98. The van der Waals surface area contributed by atoms with Gasteiger partial charge in [-0.15, -0.1) is 0 Å². The number of rotatable bonds is 3. The minimum absolute atomic E-state index is 0.0663. The quantitative estimate of drug-likeness (QED) is 0.919. The molecule has 0 spiro atoms. The largest absolute Gasteiger partial charge is 0.489 e. The number of nitrogens with zero attached hydrogens (tertiary/aromatic N) is 1. The summed E-state index contributed by atoms with van der Waals surface area (Å²) < 4.78 is 7.01. The molecule has 2 fully saturated rings. The second-order valence-corrected chi connectivity index (χ2v) is 6.42. The van der Waals surface area contributed by atoms with Crippen LogP contribution in [0.25, 0.3) is 0 Å². The third-order valence-electron chi connectivity index (χ3n) is 3.69. The number of hydrogen-bond donors (Lipinski definition) is 1. The number of halogens is 1. The molecule has 0 bridgehead atoms. The minimum Gasteiger partial charge on any atom is -0.489 e. The van der Waals surface area contributed by atoms with Crippen molar-refractivity contribution in [1.29, 1.82) is 0 Å². The van der Waals surface area contributed by atoms with Crippen LogP contribution in [0.15, 0.2) is 28.7 Å². The van der Waals surface area contributed by atoms with E-state index in [1.54, 1.807) is 0 Å². The molecule has 1 heterocycles. The van der Waals surface area contributed by atoms with E-state index in [0.717, 1.165) is 42.5 Å². The molecule has 2 amide bonds. The summed E-state index contributed by atoms with van der Waals surface area (Å²) in [5.41, 5.74) is 0. The Morgan fingerprint density at radius 2 is 2.00 bits per heavy atom. The van der Waals surface area contributed by atoms with Crippen molar-refractivity contribution in [2.24, 2.45) is 0 Å². The number of nitrogens with one attached hydrogen (secondary N) is 1. The lowest BCUT2D eigenvalue weighted by Gasteiger charge is -2.33. The monoisotopic (exact) mass is 338 g/mol. The molecule has 1 atom stereocenters.